The zero-order chi connectivity index (χ0) is 14.4. The van der Waals surface area contributed by atoms with Crippen LogP contribution in [0, 0.1) is 3.57 Å². The van der Waals surface area contributed by atoms with E-state index in [1.165, 1.54) is 7.11 Å². The first-order valence-electron chi connectivity index (χ1n) is 6.21. The molecule has 0 aromatic heterocycles. The van der Waals surface area contributed by atoms with Crippen LogP contribution < -0.4 is 0 Å². The molecule has 0 saturated heterocycles. The van der Waals surface area contributed by atoms with E-state index in [-0.39, 0.29) is 5.91 Å². The van der Waals surface area contributed by atoms with E-state index in [9.17, 15) is 9.59 Å². The fourth-order valence-electron chi connectivity index (χ4n) is 1.80. The van der Waals surface area contributed by atoms with Gasteiger partial charge in [-0.1, -0.05) is 6.92 Å². The van der Waals surface area contributed by atoms with Crippen molar-refractivity contribution in [3.8, 4) is 0 Å². The molecule has 1 rings (SSSR count). The van der Waals surface area contributed by atoms with Crippen molar-refractivity contribution in [2.45, 2.75) is 20.3 Å². The van der Waals surface area contributed by atoms with Gasteiger partial charge in [-0.05, 0) is 54.1 Å². The van der Waals surface area contributed by atoms with Crippen LogP contribution in [0.5, 0.6) is 0 Å². The molecular formula is C14H18INO3. The molecule has 5 heteroatoms. The average molecular weight is 375 g/mol. The standard InChI is InChI=1S/C14H18INO3/c1-4-6-16(5-2)13(17)10-7-11(14(18)19-3)9-12(15)8-10/h7-9H,4-6H2,1-3H3. The Kier molecular flexibility index (Phi) is 6.27. The van der Waals surface area contributed by atoms with Crippen molar-refractivity contribution in [2.75, 3.05) is 20.2 Å². The van der Waals surface area contributed by atoms with Crippen molar-refractivity contribution in [1.82, 2.24) is 4.90 Å². The van der Waals surface area contributed by atoms with E-state index in [2.05, 4.69) is 22.6 Å². The monoisotopic (exact) mass is 375 g/mol. The number of hydrogen-bond donors (Lipinski definition) is 0. The number of amides is 1. The average Bonchev–Trinajstić information content (AvgIpc) is 2.42. The van der Waals surface area contributed by atoms with Gasteiger partial charge in [0.1, 0.15) is 0 Å². The smallest absolute Gasteiger partial charge is 0.337 e. The van der Waals surface area contributed by atoms with Gasteiger partial charge in [-0.2, -0.15) is 0 Å². The highest BCUT2D eigenvalue weighted by Crippen LogP contribution is 2.15. The van der Waals surface area contributed by atoms with Crippen LogP contribution in [0.15, 0.2) is 18.2 Å². The van der Waals surface area contributed by atoms with Crippen molar-refractivity contribution in [3.63, 3.8) is 0 Å². The number of esters is 1. The second kappa shape index (κ2) is 7.47. The predicted octanol–water partition coefficient (Wildman–Crippen LogP) is 2.95. The first-order chi connectivity index (χ1) is 9.03. The number of hydrogen-bond acceptors (Lipinski definition) is 3. The first kappa shape index (κ1) is 15.9. The third-order valence-corrected chi connectivity index (χ3v) is 3.35. The largest absolute Gasteiger partial charge is 0.465 e. The van der Waals surface area contributed by atoms with Gasteiger partial charge in [-0.15, -0.1) is 0 Å². The molecule has 1 amide bonds. The van der Waals surface area contributed by atoms with Crippen molar-refractivity contribution in [2.24, 2.45) is 0 Å². The summed E-state index contributed by atoms with van der Waals surface area (Å²) in [7, 11) is 1.33. The highest BCUT2D eigenvalue weighted by Gasteiger charge is 2.16. The Labute approximate surface area is 127 Å². The van der Waals surface area contributed by atoms with Crippen LogP contribution in [0.3, 0.4) is 0 Å². The van der Waals surface area contributed by atoms with Gasteiger partial charge in [0.25, 0.3) is 5.91 Å². The zero-order valence-electron chi connectivity index (χ0n) is 11.4. The fourth-order valence-corrected chi connectivity index (χ4v) is 2.48. The number of halogens is 1. The van der Waals surface area contributed by atoms with E-state index >= 15 is 0 Å². The van der Waals surface area contributed by atoms with Gasteiger partial charge in [0, 0.05) is 22.2 Å². The second-order valence-corrected chi connectivity index (χ2v) is 5.35. The van der Waals surface area contributed by atoms with Crippen molar-refractivity contribution in [3.05, 3.63) is 32.9 Å². The molecule has 4 nitrogen and oxygen atoms in total. The Morgan fingerprint density at radius 1 is 1.21 bits per heavy atom. The summed E-state index contributed by atoms with van der Waals surface area (Å²) in [6.45, 7) is 5.35. The molecule has 0 aliphatic heterocycles. The summed E-state index contributed by atoms with van der Waals surface area (Å²) < 4.78 is 5.54. The van der Waals surface area contributed by atoms with Crippen molar-refractivity contribution < 1.29 is 14.3 Å². The van der Waals surface area contributed by atoms with Crippen molar-refractivity contribution >= 4 is 34.5 Å². The topological polar surface area (TPSA) is 46.6 Å². The summed E-state index contributed by atoms with van der Waals surface area (Å²) in [5.41, 5.74) is 0.938. The number of rotatable bonds is 5. The van der Waals surface area contributed by atoms with Crippen LogP contribution in [0.4, 0.5) is 0 Å². The minimum absolute atomic E-state index is 0.0481. The summed E-state index contributed by atoms with van der Waals surface area (Å²) in [4.78, 5) is 25.7. The summed E-state index contributed by atoms with van der Waals surface area (Å²) in [6, 6.07) is 5.08. The maximum atomic E-state index is 12.4. The Hall–Kier alpha value is -1.11. The van der Waals surface area contributed by atoms with Crippen LogP contribution in [0.2, 0.25) is 0 Å². The van der Waals surface area contributed by atoms with Gasteiger partial charge >= 0.3 is 5.97 Å². The van der Waals surface area contributed by atoms with E-state index in [1.54, 1.807) is 23.1 Å². The molecule has 0 unspecified atom stereocenters. The molecule has 0 bridgehead atoms. The maximum Gasteiger partial charge on any atom is 0.337 e. The highest BCUT2D eigenvalue weighted by molar-refractivity contribution is 14.1. The highest BCUT2D eigenvalue weighted by atomic mass is 127. The second-order valence-electron chi connectivity index (χ2n) is 4.10. The normalized spacial score (nSPS) is 10.1. The third-order valence-electron chi connectivity index (χ3n) is 2.73. The summed E-state index contributed by atoms with van der Waals surface area (Å²) in [5, 5.41) is 0. The minimum atomic E-state index is -0.425. The lowest BCUT2D eigenvalue weighted by atomic mass is 10.1. The van der Waals surface area contributed by atoms with Gasteiger partial charge in [0.05, 0.1) is 12.7 Å². The number of ether oxygens (including phenoxy) is 1. The van der Waals surface area contributed by atoms with E-state index in [4.69, 9.17) is 4.74 Å². The molecule has 0 atom stereocenters. The lowest BCUT2D eigenvalue weighted by Gasteiger charge is -2.20. The third kappa shape index (κ3) is 4.19. The molecule has 0 radical (unpaired) electrons. The molecule has 0 spiro atoms. The van der Waals surface area contributed by atoms with E-state index < -0.39 is 5.97 Å². The Bertz CT molecular complexity index is 474. The number of carbonyl (C=O) groups is 2. The lowest BCUT2D eigenvalue weighted by Crippen LogP contribution is -2.31. The molecule has 1 aromatic rings. The van der Waals surface area contributed by atoms with Crippen LogP contribution in [0.1, 0.15) is 41.0 Å². The van der Waals surface area contributed by atoms with Gasteiger partial charge in [-0.3, -0.25) is 4.79 Å². The molecule has 0 N–H and O–H groups in total. The molecule has 0 aliphatic rings. The molecule has 0 aliphatic carbocycles. The zero-order valence-corrected chi connectivity index (χ0v) is 13.6. The van der Waals surface area contributed by atoms with Crippen molar-refractivity contribution in [1.29, 1.82) is 0 Å². The van der Waals surface area contributed by atoms with E-state index in [1.807, 2.05) is 13.8 Å². The van der Waals surface area contributed by atoms with Crippen LogP contribution in [-0.2, 0) is 4.74 Å². The summed E-state index contributed by atoms with van der Waals surface area (Å²) in [6.07, 6.45) is 0.910. The number of methoxy groups -OCH3 is 1. The van der Waals surface area contributed by atoms with Gasteiger partial charge < -0.3 is 9.64 Å². The van der Waals surface area contributed by atoms with E-state index in [0.717, 1.165) is 9.99 Å². The number of nitrogens with zero attached hydrogens (tertiary/aromatic N) is 1. The first-order valence-corrected chi connectivity index (χ1v) is 7.29. The Morgan fingerprint density at radius 3 is 2.37 bits per heavy atom. The van der Waals surface area contributed by atoms with E-state index in [0.29, 0.717) is 24.2 Å². The Balaban J connectivity index is 3.09. The molecule has 0 fully saturated rings. The van der Waals surface area contributed by atoms with Gasteiger partial charge in [0.2, 0.25) is 0 Å². The molecule has 1 aromatic carbocycles. The predicted molar refractivity (Wildman–Crippen MR) is 82.4 cm³/mol. The fraction of sp³-hybridized carbons (Fsp3) is 0.429. The molecular weight excluding hydrogens is 357 g/mol. The summed E-state index contributed by atoms with van der Waals surface area (Å²) in [5.74, 6) is -0.473. The quantitative estimate of drug-likeness (QED) is 0.587. The minimum Gasteiger partial charge on any atom is -0.465 e. The lowest BCUT2D eigenvalue weighted by molar-refractivity contribution is 0.0600. The molecule has 19 heavy (non-hydrogen) atoms. The molecule has 104 valence electrons. The van der Waals surface area contributed by atoms with Crippen LogP contribution in [-0.4, -0.2) is 37.0 Å². The number of benzene rings is 1. The SMILES string of the molecule is CCCN(CC)C(=O)c1cc(I)cc(C(=O)OC)c1. The summed E-state index contributed by atoms with van der Waals surface area (Å²) >= 11 is 2.09. The molecule has 0 heterocycles. The van der Waals surface area contributed by atoms with Crippen LogP contribution in [0.25, 0.3) is 0 Å². The van der Waals surface area contributed by atoms with Gasteiger partial charge in [-0.25, -0.2) is 4.79 Å². The Morgan fingerprint density at radius 2 is 1.84 bits per heavy atom. The maximum absolute atomic E-state index is 12.4. The van der Waals surface area contributed by atoms with Crippen LogP contribution >= 0.6 is 22.6 Å². The number of carbonyl (C=O) groups excluding carboxylic acids is 2. The molecule has 0 saturated carbocycles. The van der Waals surface area contributed by atoms with Gasteiger partial charge in [0.15, 0.2) is 0 Å².